The highest BCUT2D eigenvalue weighted by Gasteiger charge is 2.06. The standard InChI is InChI=1S/C18H24N2/c1-2-20(15-16-8-4-3-5-9-16)13-12-17-10-6-7-11-18(17)14-19/h3-11H,2,12-15,19H2,1H3. The van der Waals surface area contributed by atoms with Crippen LogP contribution in [0.5, 0.6) is 0 Å². The molecule has 0 fully saturated rings. The van der Waals surface area contributed by atoms with Gasteiger partial charge in [-0.05, 0) is 29.7 Å². The van der Waals surface area contributed by atoms with Gasteiger partial charge < -0.3 is 5.73 Å². The van der Waals surface area contributed by atoms with E-state index in [-0.39, 0.29) is 0 Å². The van der Waals surface area contributed by atoms with Gasteiger partial charge in [0.05, 0.1) is 0 Å². The first-order chi connectivity index (χ1) is 9.83. The van der Waals surface area contributed by atoms with Crippen molar-refractivity contribution < 1.29 is 0 Å². The van der Waals surface area contributed by atoms with E-state index in [1.807, 2.05) is 0 Å². The molecule has 0 aliphatic carbocycles. The monoisotopic (exact) mass is 268 g/mol. The Bertz CT molecular complexity index is 508. The summed E-state index contributed by atoms with van der Waals surface area (Å²) in [5.74, 6) is 0. The molecule has 0 spiro atoms. The van der Waals surface area contributed by atoms with Crippen LogP contribution in [0.4, 0.5) is 0 Å². The topological polar surface area (TPSA) is 29.3 Å². The smallest absolute Gasteiger partial charge is 0.0233 e. The van der Waals surface area contributed by atoms with Crippen LogP contribution in [0.3, 0.4) is 0 Å². The number of rotatable bonds is 7. The van der Waals surface area contributed by atoms with E-state index in [1.54, 1.807) is 0 Å². The molecule has 0 aliphatic rings. The van der Waals surface area contributed by atoms with Crippen molar-refractivity contribution in [3.63, 3.8) is 0 Å². The molecule has 106 valence electrons. The third kappa shape index (κ3) is 4.19. The summed E-state index contributed by atoms with van der Waals surface area (Å²) in [5.41, 5.74) is 9.82. The van der Waals surface area contributed by atoms with Gasteiger partial charge in [-0.25, -0.2) is 0 Å². The highest BCUT2D eigenvalue weighted by molar-refractivity contribution is 5.27. The lowest BCUT2D eigenvalue weighted by Crippen LogP contribution is -2.25. The summed E-state index contributed by atoms with van der Waals surface area (Å²) in [6.45, 7) is 6.00. The molecule has 2 rings (SSSR count). The quantitative estimate of drug-likeness (QED) is 0.835. The van der Waals surface area contributed by atoms with Gasteiger partial charge in [0.15, 0.2) is 0 Å². The predicted molar refractivity (Wildman–Crippen MR) is 85.4 cm³/mol. The maximum Gasteiger partial charge on any atom is 0.0233 e. The van der Waals surface area contributed by atoms with Crippen LogP contribution in [-0.2, 0) is 19.5 Å². The van der Waals surface area contributed by atoms with Gasteiger partial charge in [-0.15, -0.1) is 0 Å². The Morgan fingerprint density at radius 1 is 0.900 bits per heavy atom. The second kappa shape index (κ2) is 7.83. The van der Waals surface area contributed by atoms with Crippen molar-refractivity contribution in [1.29, 1.82) is 0 Å². The molecule has 2 nitrogen and oxygen atoms in total. The van der Waals surface area contributed by atoms with E-state index < -0.39 is 0 Å². The van der Waals surface area contributed by atoms with Gasteiger partial charge in [-0.2, -0.15) is 0 Å². The second-order valence-electron chi connectivity index (χ2n) is 5.08. The second-order valence-corrected chi connectivity index (χ2v) is 5.08. The Balaban J connectivity index is 1.94. The molecule has 20 heavy (non-hydrogen) atoms. The molecule has 0 aromatic heterocycles. The minimum atomic E-state index is 0.626. The van der Waals surface area contributed by atoms with Crippen molar-refractivity contribution in [3.8, 4) is 0 Å². The summed E-state index contributed by atoms with van der Waals surface area (Å²) < 4.78 is 0. The molecule has 2 N–H and O–H groups in total. The van der Waals surface area contributed by atoms with Gasteiger partial charge in [0, 0.05) is 19.6 Å². The van der Waals surface area contributed by atoms with E-state index >= 15 is 0 Å². The number of benzene rings is 2. The van der Waals surface area contributed by atoms with Crippen LogP contribution < -0.4 is 5.73 Å². The van der Waals surface area contributed by atoms with Gasteiger partial charge in [0.25, 0.3) is 0 Å². The van der Waals surface area contributed by atoms with Gasteiger partial charge >= 0.3 is 0 Å². The highest BCUT2D eigenvalue weighted by Crippen LogP contribution is 2.11. The number of nitrogens with two attached hydrogens (primary N) is 1. The van der Waals surface area contributed by atoms with Crippen molar-refractivity contribution in [2.45, 2.75) is 26.4 Å². The van der Waals surface area contributed by atoms with Crippen LogP contribution in [0.15, 0.2) is 54.6 Å². The Morgan fingerprint density at radius 2 is 1.55 bits per heavy atom. The van der Waals surface area contributed by atoms with Crippen LogP contribution in [0.25, 0.3) is 0 Å². The molecular formula is C18H24N2. The minimum absolute atomic E-state index is 0.626. The molecule has 0 bridgehead atoms. The van der Waals surface area contributed by atoms with Crippen LogP contribution >= 0.6 is 0 Å². The lowest BCUT2D eigenvalue weighted by molar-refractivity contribution is 0.283. The Labute approximate surface area is 122 Å². The van der Waals surface area contributed by atoms with Crippen molar-refractivity contribution in [3.05, 3.63) is 71.3 Å². The first-order valence-electron chi connectivity index (χ1n) is 7.36. The third-order valence-electron chi connectivity index (χ3n) is 3.73. The van der Waals surface area contributed by atoms with Crippen LogP contribution in [0.2, 0.25) is 0 Å². The molecule has 0 aliphatic heterocycles. The first kappa shape index (κ1) is 14.8. The summed E-state index contributed by atoms with van der Waals surface area (Å²) in [6.07, 6.45) is 1.06. The zero-order valence-electron chi connectivity index (χ0n) is 12.3. The predicted octanol–water partition coefficient (Wildman–Crippen LogP) is 3.21. The Morgan fingerprint density at radius 3 is 2.20 bits per heavy atom. The molecule has 0 heterocycles. The minimum Gasteiger partial charge on any atom is -0.326 e. The third-order valence-corrected chi connectivity index (χ3v) is 3.73. The van der Waals surface area contributed by atoms with E-state index in [4.69, 9.17) is 5.73 Å². The van der Waals surface area contributed by atoms with Gasteiger partial charge in [0.2, 0.25) is 0 Å². The molecule has 0 saturated heterocycles. The highest BCUT2D eigenvalue weighted by atomic mass is 15.1. The fraction of sp³-hybridized carbons (Fsp3) is 0.333. The fourth-order valence-corrected chi connectivity index (χ4v) is 2.47. The van der Waals surface area contributed by atoms with E-state index in [9.17, 15) is 0 Å². The summed E-state index contributed by atoms with van der Waals surface area (Å²) in [7, 11) is 0. The van der Waals surface area contributed by atoms with E-state index in [0.717, 1.165) is 26.1 Å². The summed E-state index contributed by atoms with van der Waals surface area (Å²) >= 11 is 0. The zero-order chi connectivity index (χ0) is 14.2. The van der Waals surface area contributed by atoms with Crippen molar-refractivity contribution in [1.82, 2.24) is 4.90 Å². The van der Waals surface area contributed by atoms with Crippen molar-refractivity contribution >= 4 is 0 Å². The molecule has 0 atom stereocenters. The average molecular weight is 268 g/mol. The molecule has 2 aromatic rings. The molecular weight excluding hydrogens is 244 g/mol. The molecule has 2 heteroatoms. The Hall–Kier alpha value is -1.64. The summed E-state index contributed by atoms with van der Waals surface area (Å²) in [5, 5.41) is 0. The lowest BCUT2D eigenvalue weighted by Gasteiger charge is -2.21. The zero-order valence-corrected chi connectivity index (χ0v) is 12.3. The maximum absolute atomic E-state index is 5.80. The van der Waals surface area contributed by atoms with E-state index in [0.29, 0.717) is 6.54 Å². The molecule has 0 unspecified atom stereocenters. The van der Waals surface area contributed by atoms with Crippen LogP contribution in [0.1, 0.15) is 23.6 Å². The largest absolute Gasteiger partial charge is 0.326 e. The summed E-state index contributed by atoms with van der Waals surface area (Å²) in [6, 6.07) is 19.1. The SMILES string of the molecule is CCN(CCc1ccccc1CN)Cc1ccccc1. The first-order valence-corrected chi connectivity index (χ1v) is 7.36. The lowest BCUT2D eigenvalue weighted by atomic mass is 10.0. The average Bonchev–Trinajstić information content (AvgIpc) is 2.52. The van der Waals surface area contributed by atoms with Crippen molar-refractivity contribution in [2.75, 3.05) is 13.1 Å². The van der Waals surface area contributed by atoms with Gasteiger partial charge in [-0.3, -0.25) is 4.90 Å². The van der Waals surface area contributed by atoms with Crippen LogP contribution in [-0.4, -0.2) is 18.0 Å². The van der Waals surface area contributed by atoms with Gasteiger partial charge in [-0.1, -0.05) is 61.5 Å². The Kier molecular flexibility index (Phi) is 5.78. The number of likely N-dealkylation sites (N-methyl/N-ethyl adjacent to an activating group) is 1. The van der Waals surface area contributed by atoms with E-state index in [1.165, 1.54) is 16.7 Å². The van der Waals surface area contributed by atoms with Crippen molar-refractivity contribution in [2.24, 2.45) is 5.73 Å². The van der Waals surface area contributed by atoms with Gasteiger partial charge in [0.1, 0.15) is 0 Å². The fourth-order valence-electron chi connectivity index (χ4n) is 2.47. The number of nitrogens with zero attached hydrogens (tertiary/aromatic N) is 1. The maximum atomic E-state index is 5.80. The molecule has 0 saturated carbocycles. The number of hydrogen-bond donors (Lipinski definition) is 1. The normalized spacial score (nSPS) is 10.9. The number of hydrogen-bond acceptors (Lipinski definition) is 2. The molecule has 2 aromatic carbocycles. The molecule has 0 amide bonds. The van der Waals surface area contributed by atoms with E-state index in [2.05, 4.69) is 66.4 Å². The summed E-state index contributed by atoms with van der Waals surface area (Å²) in [4.78, 5) is 2.47. The van der Waals surface area contributed by atoms with Crippen LogP contribution in [0, 0.1) is 0 Å². The molecule has 0 radical (unpaired) electrons.